The summed E-state index contributed by atoms with van der Waals surface area (Å²) in [4.78, 5) is 40.1. The zero-order chi connectivity index (χ0) is 22.8. The molecule has 0 saturated heterocycles. The van der Waals surface area contributed by atoms with Gasteiger partial charge in [-0.3, -0.25) is 9.59 Å². The van der Waals surface area contributed by atoms with E-state index in [9.17, 15) is 22.8 Å². The van der Waals surface area contributed by atoms with Crippen molar-refractivity contribution < 1.29 is 27.5 Å². The molecule has 1 unspecified atom stereocenters. The van der Waals surface area contributed by atoms with Crippen molar-refractivity contribution in [2.75, 3.05) is 6.54 Å². The Bertz CT molecular complexity index is 1110. The van der Waals surface area contributed by atoms with Crippen molar-refractivity contribution in [3.63, 3.8) is 0 Å². The largest absolute Gasteiger partial charge is 0.451 e. The first-order valence-electron chi connectivity index (χ1n) is 9.46. The van der Waals surface area contributed by atoms with Gasteiger partial charge in [0.25, 0.3) is 0 Å². The molecule has 2 N–H and O–H groups in total. The zero-order valence-corrected chi connectivity index (χ0v) is 18.7. The Morgan fingerprint density at radius 1 is 1.17 bits per heavy atom. The Balaban J connectivity index is 2.29. The van der Waals surface area contributed by atoms with Crippen LogP contribution in [0.5, 0.6) is 0 Å². The Kier molecular flexibility index (Phi) is 6.99. The van der Waals surface area contributed by atoms with Gasteiger partial charge in [0.1, 0.15) is 0 Å². The molecule has 2 aromatic rings. The summed E-state index contributed by atoms with van der Waals surface area (Å²) in [7, 11) is -3.75. The van der Waals surface area contributed by atoms with E-state index < -0.39 is 27.9 Å². The number of H-pyrrole nitrogens is 1. The lowest BCUT2D eigenvalue weighted by Crippen LogP contribution is -2.26. The lowest BCUT2D eigenvalue weighted by atomic mass is 10.0. The van der Waals surface area contributed by atoms with Gasteiger partial charge in [-0.15, -0.1) is 0 Å². The summed E-state index contributed by atoms with van der Waals surface area (Å²) in [6.07, 6.45) is -1.14. The highest BCUT2D eigenvalue weighted by Gasteiger charge is 2.27. The highest BCUT2D eigenvalue weighted by Crippen LogP contribution is 2.22. The van der Waals surface area contributed by atoms with Gasteiger partial charge < -0.3 is 9.72 Å². The fraction of sp³-hybridized carbons (Fsp3) is 0.381. The van der Waals surface area contributed by atoms with Crippen LogP contribution in [0.15, 0.2) is 23.1 Å². The number of carbonyl (C=O) groups is 3. The maximum atomic E-state index is 12.8. The fourth-order valence-electron chi connectivity index (χ4n) is 3.27. The van der Waals surface area contributed by atoms with Crippen LogP contribution in [0, 0.1) is 20.8 Å². The van der Waals surface area contributed by atoms with Crippen molar-refractivity contribution >= 4 is 27.6 Å². The Hall–Kier alpha value is -2.78. The molecule has 9 heteroatoms. The summed E-state index contributed by atoms with van der Waals surface area (Å²) in [5, 5.41) is 0. The van der Waals surface area contributed by atoms with E-state index in [-0.39, 0.29) is 28.5 Å². The SMILES string of the molecule is CCNS(=O)(=O)c1ccc(C)c(C(=O)OC(C)C(=O)c2[nH]c(C)c(C(C)=O)c2C)c1. The Morgan fingerprint density at radius 3 is 2.33 bits per heavy atom. The van der Waals surface area contributed by atoms with E-state index in [0.29, 0.717) is 22.4 Å². The van der Waals surface area contributed by atoms with Crippen LogP contribution in [0.2, 0.25) is 0 Å². The van der Waals surface area contributed by atoms with Crippen molar-refractivity contribution in [3.05, 3.63) is 51.8 Å². The number of hydrogen-bond acceptors (Lipinski definition) is 6. The number of aromatic amines is 1. The second kappa shape index (κ2) is 8.93. The van der Waals surface area contributed by atoms with Gasteiger partial charge in [0.05, 0.1) is 16.2 Å². The first kappa shape index (κ1) is 23.5. The predicted octanol–water partition coefficient (Wildman–Crippen LogP) is 2.87. The molecule has 1 heterocycles. The molecule has 162 valence electrons. The molecule has 0 aliphatic rings. The van der Waals surface area contributed by atoms with Gasteiger partial charge in [0.2, 0.25) is 15.8 Å². The van der Waals surface area contributed by atoms with E-state index >= 15 is 0 Å². The monoisotopic (exact) mass is 434 g/mol. The van der Waals surface area contributed by atoms with Crippen molar-refractivity contribution in [3.8, 4) is 0 Å². The number of ether oxygens (including phenoxy) is 1. The van der Waals surface area contributed by atoms with E-state index in [1.54, 1.807) is 27.7 Å². The van der Waals surface area contributed by atoms with Crippen LogP contribution in [-0.4, -0.2) is 43.6 Å². The van der Waals surface area contributed by atoms with Gasteiger partial charge in [-0.1, -0.05) is 13.0 Å². The number of rotatable bonds is 8. The first-order chi connectivity index (χ1) is 13.9. The molecule has 2 rings (SSSR count). The van der Waals surface area contributed by atoms with Crippen LogP contribution in [0.3, 0.4) is 0 Å². The van der Waals surface area contributed by atoms with Crippen molar-refractivity contribution in [2.45, 2.75) is 52.5 Å². The molecule has 8 nitrogen and oxygen atoms in total. The van der Waals surface area contributed by atoms with Crippen molar-refractivity contribution in [2.24, 2.45) is 0 Å². The maximum Gasteiger partial charge on any atom is 0.339 e. The average molecular weight is 435 g/mol. The third-order valence-electron chi connectivity index (χ3n) is 4.76. The lowest BCUT2D eigenvalue weighted by molar-refractivity contribution is 0.0316. The number of aryl methyl sites for hydroxylation is 2. The summed E-state index contributed by atoms with van der Waals surface area (Å²) in [5.41, 5.74) is 2.28. The zero-order valence-electron chi connectivity index (χ0n) is 17.9. The second-order valence-electron chi connectivity index (χ2n) is 7.07. The van der Waals surface area contributed by atoms with E-state index in [1.165, 1.54) is 32.0 Å². The van der Waals surface area contributed by atoms with Crippen LogP contribution in [0.25, 0.3) is 0 Å². The number of nitrogens with one attached hydrogen (secondary N) is 2. The topological polar surface area (TPSA) is 122 Å². The van der Waals surface area contributed by atoms with Crippen LogP contribution in [0.4, 0.5) is 0 Å². The van der Waals surface area contributed by atoms with Gasteiger partial charge >= 0.3 is 5.97 Å². The first-order valence-corrected chi connectivity index (χ1v) is 10.9. The molecule has 1 aromatic carbocycles. The van der Waals surface area contributed by atoms with E-state index in [2.05, 4.69) is 9.71 Å². The van der Waals surface area contributed by atoms with Gasteiger partial charge in [-0.2, -0.15) is 0 Å². The highest BCUT2D eigenvalue weighted by molar-refractivity contribution is 7.89. The van der Waals surface area contributed by atoms with Crippen molar-refractivity contribution in [1.82, 2.24) is 9.71 Å². The van der Waals surface area contributed by atoms with Crippen LogP contribution in [-0.2, 0) is 14.8 Å². The minimum atomic E-state index is -3.75. The normalized spacial score (nSPS) is 12.5. The van der Waals surface area contributed by atoms with Crippen LogP contribution in [0.1, 0.15) is 68.8 Å². The highest BCUT2D eigenvalue weighted by atomic mass is 32.2. The number of Topliss-reactive ketones (excluding diaryl/α,β-unsaturated/α-hetero) is 2. The van der Waals surface area contributed by atoms with Gasteiger partial charge in [0.15, 0.2) is 11.9 Å². The number of benzene rings is 1. The number of esters is 1. The Morgan fingerprint density at radius 2 is 1.80 bits per heavy atom. The summed E-state index contributed by atoms with van der Waals surface area (Å²) < 4.78 is 32.1. The number of ketones is 2. The fourth-order valence-corrected chi connectivity index (χ4v) is 4.33. The molecule has 1 aromatic heterocycles. The van der Waals surface area contributed by atoms with E-state index in [1.807, 2.05) is 0 Å². The minimum Gasteiger partial charge on any atom is -0.451 e. The van der Waals surface area contributed by atoms with Crippen LogP contribution < -0.4 is 4.72 Å². The molecule has 30 heavy (non-hydrogen) atoms. The molecule has 0 aliphatic carbocycles. The number of sulfonamides is 1. The predicted molar refractivity (Wildman–Crippen MR) is 112 cm³/mol. The maximum absolute atomic E-state index is 12.8. The summed E-state index contributed by atoms with van der Waals surface area (Å²) in [6.45, 7) is 9.69. The summed E-state index contributed by atoms with van der Waals surface area (Å²) in [5.74, 6) is -1.46. The van der Waals surface area contributed by atoms with Gasteiger partial charge in [-0.05, 0) is 57.9 Å². The quantitative estimate of drug-likeness (QED) is 0.487. The summed E-state index contributed by atoms with van der Waals surface area (Å²) >= 11 is 0. The molecule has 1 atom stereocenters. The average Bonchev–Trinajstić information content (AvgIpc) is 2.95. The molecular formula is C21H26N2O6S. The summed E-state index contributed by atoms with van der Waals surface area (Å²) in [6, 6.07) is 4.13. The third kappa shape index (κ3) is 4.68. The Labute approximate surface area is 176 Å². The number of carbonyl (C=O) groups excluding carboxylic acids is 3. The molecule has 0 spiro atoms. The van der Waals surface area contributed by atoms with Gasteiger partial charge in [-0.25, -0.2) is 17.9 Å². The molecule has 0 aliphatic heterocycles. The van der Waals surface area contributed by atoms with Crippen molar-refractivity contribution in [1.29, 1.82) is 0 Å². The van der Waals surface area contributed by atoms with Gasteiger partial charge in [0, 0.05) is 17.8 Å². The molecule has 0 radical (unpaired) electrons. The molecule has 0 bridgehead atoms. The number of aromatic nitrogens is 1. The molecule has 0 amide bonds. The minimum absolute atomic E-state index is 0.0532. The molecule has 0 fully saturated rings. The lowest BCUT2D eigenvalue weighted by Gasteiger charge is -2.14. The second-order valence-corrected chi connectivity index (χ2v) is 8.84. The standard InChI is InChI=1S/C21H26N2O6S/c1-7-22-30(27,28)16-9-8-11(2)17(10-16)21(26)29-15(6)20(25)19-12(3)18(14(5)24)13(4)23-19/h8-10,15,22-23H,7H2,1-6H3. The third-order valence-corrected chi connectivity index (χ3v) is 6.31. The van der Waals surface area contributed by atoms with Crippen LogP contribution >= 0.6 is 0 Å². The molecule has 0 saturated carbocycles. The van der Waals surface area contributed by atoms with E-state index in [0.717, 1.165) is 0 Å². The van der Waals surface area contributed by atoms with E-state index in [4.69, 9.17) is 4.74 Å². The molecular weight excluding hydrogens is 408 g/mol. The number of hydrogen-bond donors (Lipinski definition) is 2. The smallest absolute Gasteiger partial charge is 0.339 e.